The fraction of sp³-hybridized carbons (Fsp3) is 0.485. The molecule has 0 aliphatic carbocycles. The van der Waals surface area contributed by atoms with Crippen LogP contribution >= 0.6 is 22.7 Å². The van der Waals surface area contributed by atoms with Crippen molar-refractivity contribution < 1.29 is 19.7 Å². The van der Waals surface area contributed by atoms with Crippen molar-refractivity contribution in [1.82, 2.24) is 19.8 Å². The lowest BCUT2D eigenvalue weighted by molar-refractivity contribution is -0.0789. The molecule has 2 aromatic carbocycles. The molecule has 234 valence electrons. The van der Waals surface area contributed by atoms with Crippen LogP contribution in [0.1, 0.15) is 76.8 Å². The number of carbonyl (C=O) groups excluding carboxylic acids is 1. The molecule has 2 aliphatic heterocycles. The third-order valence-electron chi connectivity index (χ3n) is 9.04. The smallest absolute Gasteiger partial charge is 0.305 e. The molecule has 2 aliphatic rings. The van der Waals surface area contributed by atoms with Gasteiger partial charge in [-0.25, -0.2) is 4.98 Å². The van der Waals surface area contributed by atoms with E-state index in [0.29, 0.717) is 47.6 Å². The number of carbonyl (C=O) groups is 1. The number of unbranched alkanes of at least 4 members (excludes halogenated alkanes) is 1. The van der Waals surface area contributed by atoms with Gasteiger partial charge in [-0.1, -0.05) is 48.1 Å². The van der Waals surface area contributed by atoms with Gasteiger partial charge in [0.15, 0.2) is 0 Å². The maximum atomic E-state index is 12.9. The monoisotopic (exact) mass is 636 g/mol. The summed E-state index contributed by atoms with van der Waals surface area (Å²) in [6, 6.07) is 12.0. The van der Waals surface area contributed by atoms with Gasteiger partial charge in [-0.05, 0) is 62.6 Å². The second kappa shape index (κ2) is 13.5. The first-order valence-electron chi connectivity index (χ1n) is 15.5. The third kappa shape index (κ3) is 7.07. The van der Waals surface area contributed by atoms with Gasteiger partial charge in [-0.15, -0.1) is 11.3 Å². The van der Waals surface area contributed by atoms with Crippen LogP contribution in [0.25, 0.3) is 10.2 Å². The second-order valence-electron chi connectivity index (χ2n) is 12.1. The highest BCUT2D eigenvalue weighted by molar-refractivity contribution is 7.16. The molecule has 11 heteroatoms. The summed E-state index contributed by atoms with van der Waals surface area (Å²) in [5.41, 5.74) is 4.10. The fourth-order valence-electron chi connectivity index (χ4n) is 6.50. The summed E-state index contributed by atoms with van der Waals surface area (Å²) >= 11 is 2.53. The largest absolute Gasteiger partial charge is 0.506 e. The van der Waals surface area contributed by atoms with Crippen molar-refractivity contribution in [2.24, 2.45) is 0 Å². The Bertz CT molecular complexity index is 1660. The van der Waals surface area contributed by atoms with Crippen molar-refractivity contribution in [2.75, 3.05) is 32.8 Å². The highest BCUT2D eigenvalue weighted by Crippen LogP contribution is 2.34. The molecule has 6 rings (SSSR count). The van der Waals surface area contributed by atoms with Gasteiger partial charge in [0.05, 0.1) is 28.0 Å². The zero-order valence-corrected chi connectivity index (χ0v) is 26.7. The van der Waals surface area contributed by atoms with Gasteiger partial charge in [0.2, 0.25) is 0 Å². The summed E-state index contributed by atoms with van der Waals surface area (Å²) < 4.78 is 7.04. The molecule has 2 fully saturated rings. The number of phenolic OH excluding ortho intramolecular Hbond substituents is 1. The van der Waals surface area contributed by atoms with E-state index in [1.165, 1.54) is 28.5 Å². The van der Waals surface area contributed by atoms with E-state index < -0.39 is 6.10 Å². The van der Waals surface area contributed by atoms with Gasteiger partial charge < -0.3 is 24.8 Å². The first-order valence-corrected chi connectivity index (χ1v) is 17.2. The lowest BCUT2D eigenvalue weighted by Crippen LogP contribution is -2.46. The molecule has 0 bridgehead atoms. The van der Waals surface area contributed by atoms with E-state index in [-0.39, 0.29) is 22.1 Å². The quantitative estimate of drug-likeness (QED) is 0.211. The number of aliphatic hydroxyl groups excluding tert-OH is 1. The number of phenols is 1. The number of piperidine rings is 1. The van der Waals surface area contributed by atoms with E-state index in [9.17, 15) is 19.8 Å². The normalized spacial score (nSPS) is 18.1. The second-order valence-corrected chi connectivity index (χ2v) is 14.1. The van der Waals surface area contributed by atoms with Gasteiger partial charge in [-0.3, -0.25) is 14.5 Å². The lowest BCUT2D eigenvalue weighted by atomic mass is 9.87. The van der Waals surface area contributed by atoms with Gasteiger partial charge in [0, 0.05) is 43.7 Å². The number of ether oxygens (including phenoxy) is 1. The van der Waals surface area contributed by atoms with Crippen molar-refractivity contribution in [3.63, 3.8) is 0 Å². The molecule has 3 N–H and O–H groups in total. The fourth-order valence-corrected chi connectivity index (χ4v) is 8.01. The van der Waals surface area contributed by atoms with Gasteiger partial charge in [0.25, 0.3) is 5.91 Å². The van der Waals surface area contributed by atoms with Gasteiger partial charge >= 0.3 is 4.87 Å². The summed E-state index contributed by atoms with van der Waals surface area (Å²) in [4.78, 5) is 35.9. The molecule has 4 heterocycles. The van der Waals surface area contributed by atoms with Crippen LogP contribution in [-0.4, -0.2) is 74.3 Å². The van der Waals surface area contributed by atoms with E-state index in [1.54, 1.807) is 6.07 Å². The standard InChI is InChI=1S/C33H40N4O5S2/c1-22-34-26(21-43-22)31(40)37-16-13-33(42-18-17-37)11-14-36(15-12-33)20-24-7-4-6-23(19-24)5-2-3-8-27(38)25-9-10-28(39)29-30(25)44-32(41)35-29/h4,6-7,9-10,19,21,27,38-39H,2-3,5,8,11-18,20H2,1H3,(H,35,41)/t27-/m0/s1. The number of nitrogens with one attached hydrogen (secondary N) is 1. The zero-order chi connectivity index (χ0) is 30.7. The van der Waals surface area contributed by atoms with Crippen molar-refractivity contribution in [1.29, 1.82) is 0 Å². The third-order valence-corrected chi connectivity index (χ3v) is 10.7. The Hall–Kier alpha value is -3.09. The molecule has 1 amide bonds. The molecule has 0 saturated carbocycles. The van der Waals surface area contributed by atoms with Crippen molar-refractivity contribution in [3.8, 4) is 5.75 Å². The predicted molar refractivity (Wildman–Crippen MR) is 174 cm³/mol. The van der Waals surface area contributed by atoms with Crippen LogP contribution in [0.5, 0.6) is 5.75 Å². The number of thiazole rings is 2. The summed E-state index contributed by atoms with van der Waals surface area (Å²) in [7, 11) is 0. The van der Waals surface area contributed by atoms with Crippen molar-refractivity contribution >= 4 is 38.8 Å². The molecule has 44 heavy (non-hydrogen) atoms. The Labute approximate surface area is 265 Å². The average molecular weight is 637 g/mol. The van der Waals surface area contributed by atoms with E-state index in [0.717, 1.165) is 74.5 Å². The number of aliphatic hydroxyl groups is 1. The molecule has 2 aromatic heterocycles. The Balaban J connectivity index is 0.954. The maximum absolute atomic E-state index is 12.9. The minimum atomic E-state index is -0.679. The number of hydrogen-bond acceptors (Lipinski definition) is 9. The minimum Gasteiger partial charge on any atom is -0.506 e. The zero-order valence-electron chi connectivity index (χ0n) is 25.1. The first-order chi connectivity index (χ1) is 21.3. The number of H-pyrrole nitrogens is 1. The van der Waals surface area contributed by atoms with Crippen molar-refractivity contribution in [3.05, 3.63) is 78.8 Å². The number of amides is 1. The number of rotatable bonds is 9. The Morgan fingerprint density at radius 2 is 1.91 bits per heavy atom. The maximum Gasteiger partial charge on any atom is 0.305 e. The average Bonchev–Trinajstić information content (AvgIpc) is 3.57. The number of hydrogen-bond donors (Lipinski definition) is 3. The minimum absolute atomic E-state index is 0.0124. The number of aromatic nitrogens is 2. The van der Waals surface area contributed by atoms with Crippen LogP contribution < -0.4 is 4.87 Å². The van der Waals surface area contributed by atoms with E-state index >= 15 is 0 Å². The molecule has 1 atom stereocenters. The SMILES string of the molecule is Cc1nc(C(=O)N2CCOC3(CCN(Cc4cccc(CCCC[C@H](O)c5ccc(O)c6[nH]c(=O)sc56)c4)CC3)CC2)cs1. The first kappa shape index (κ1) is 30.9. The predicted octanol–water partition coefficient (Wildman–Crippen LogP) is 5.40. The molecule has 2 saturated heterocycles. The van der Waals surface area contributed by atoms with Crippen LogP contribution in [0.2, 0.25) is 0 Å². The molecule has 0 unspecified atom stereocenters. The molecule has 9 nitrogen and oxygen atoms in total. The topological polar surface area (TPSA) is 119 Å². The summed E-state index contributed by atoms with van der Waals surface area (Å²) in [6.07, 6.45) is 5.48. The van der Waals surface area contributed by atoms with E-state index in [4.69, 9.17) is 4.74 Å². The van der Waals surface area contributed by atoms with Gasteiger partial charge in [0.1, 0.15) is 17.0 Å². The number of fused-ring (bicyclic) bond motifs is 1. The molecule has 0 radical (unpaired) electrons. The number of aromatic amines is 1. The molecular weight excluding hydrogens is 597 g/mol. The molecular formula is C33H40N4O5S2. The Morgan fingerprint density at radius 3 is 2.70 bits per heavy atom. The highest BCUT2D eigenvalue weighted by Gasteiger charge is 2.38. The van der Waals surface area contributed by atoms with E-state index in [2.05, 4.69) is 39.1 Å². The Kier molecular flexibility index (Phi) is 9.48. The highest BCUT2D eigenvalue weighted by atomic mass is 32.1. The number of aromatic hydroxyl groups is 1. The molecule has 1 spiro atoms. The number of likely N-dealkylation sites (tertiary alicyclic amines) is 1. The number of benzene rings is 2. The molecule has 4 aromatic rings. The van der Waals surface area contributed by atoms with E-state index in [1.807, 2.05) is 17.2 Å². The van der Waals surface area contributed by atoms with Crippen LogP contribution in [-0.2, 0) is 17.7 Å². The summed E-state index contributed by atoms with van der Waals surface area (Å²) in [5.74, 6) is 0.0387. The summed E-state index contributed by atoms with van der Waals surface area (Å²) in [5, 5.41) is 23.6. The number of nitrogens with zero attached hydrogens (tertiary/aromatic N) is 3. The summed E-state index contributed by atoms with van der Waals surface area (Å²) in [6.45, 7) is 6.68. The van der Waals surface area contributed by atoms with Crippen LogP contribution in [0.15, 0.2) is 46.6 Å². The van der Waals surface area contributed by atoms with Crippen LogP contribution in [0.3, 0.4) is 0 Å². The number of aryl methyl sites for hydroxylation is 2. The van der Waals surface area contributed by atoms with Crippen molar-refractivity contribution in [2.45, 2.75) is 70.1 Å². The van der Waals surface area contributed by atoms with Crippen LogP contribution in [0, 0.1) is 6.92 Å². The van der Waals surface area contributed by atoms with Crippen LogP contribution in [0.4, 0.5) is 0 Å². The Morgan fingerprint density at radius 1 is 1.11 bits per heavy atom. The lowest BCUT2D eigenvalue weighted by Gasteiger charge is -2.41. The van der Waals surface area contributed by atoms with Gasteiger partial charge in [-0.2, -0.15) is 0 Å².